The van der Waals surface area contributed by atoms with Gasteiger partial charge in [-0.3, -0.25) is 0 Å². The minimum absolute atomic E-state index is 0.118. The molecule has 0 spiro atoms. The second-order valence-corrected chi connectivity index (χ2v) is 8.11. The molecule has 0 amide bonds. The van der Waals surface area contributed by atoms with Crippen LogP contribution in [0, 0.1) is 0 Å². The van der Waals surface area contributed by atoms with Crippen LogP contribution in [0.4, 0.5) is 0 Å². The highest BCUT2D eigenvalue weighted by Crippen LogP contribution is 2.16. The minimum Gasteiger partial charge on any atom is -0.315 e. The summed E-state index contributed by atoms with van der Waals surface area (Å²) in [6.07, 6.45) is 3.30. The molecule has 7 heteroatoms. The minimum atomic E-state index is -3.17. The molecule has 0 aromatic carbocycles. The predicted octanol–water partition coefficient (Wildman–Crippen LogP) is 1.94. The second-order valence-electron chi connectivity index (χ2n) is 5.25. The molecule has 1 rings (SSSR count). The maximum absolute atomic E-state index is 11.9. The van der Waals surface area contributed by atoms with Gasteiger partial charge in [0.05, 0.1) is 10.8 Å². The monoisotopic (exact) mass is 319 g/mol. The van der Waals surface area contributed by atoms with E-state index in [1.165, 1.54) is 0 Å². The van der Waals surface area contributed by atoms with E-state index in [0.29, 0.717) is 19.0 Å². The van der Waals surface area contributed by atoms with Gasteiger partial charge >= 0.3 is 0 Å². The largest absolute Gasteiger partial charge is 0.315 e. The Morgan fingerprint density at radius 3 is 2.65 bits per heavy atom. The number of thiazole rings is 1. The Balaban J connectivity index is 2.21. The molecule has 0 saturated carbocycles. The lowest BCUT2D eigenvalue weighted by molar-refractivity contribution is 0.553. The van der Waals surface area contributed by atoms with Gasteiger partial charge in [0.1, 0.15) is 0 Å². The van der Waals surface area contributed by atoms with E-state index in [9.17, 15) is 8.42 Å². The molecule has 0 radical (unpaired) electrons. The van der Waals surface area contributed by atoms with Crippen molar-refractivity contribution < 1.29 is 8.42 Å². The predicted molar refractivity (Wildman–Crippen MR) is 84.7 cm³/mol. The summed E-state index contributed by atoms with van der Waals surface area (Å²) in [4.78, 5) is 4.20. The SMILES string of the molecule is CC(C)NCCCCS(=O)(=O)NCC(C)c1nccs1. The fraction of sp³-hybridized carbons (Fsp3) is 0.769. The van der Waals surface area contributed by atoms with Crippen molar-refractivity contribution in [1.82, 2.24) is 15.0 Å². The molecule has 1 atom stereocenters. The lowest BCUT2D eigenvalue weighted by Gasteiger charge is -2.11. The topological polar surface area (TPSA) is 71.1 Å². The number of aromatic nitrogens is 1. The number of hydrogen-bond donors (Lipinski definition) is 2. The zero-order valence-corrected chi connectivity index (χ0v) is 14.1. The summed E-state index contributed by atoms with van der Waals surface area (Å²) in [5, 5.41) is 6.15. The van der Waals surface area contributed by atoms with Crippen LogP contribution < -0.4 is 10.0 Å². The third kappa shape index (κ3) is 7.33. The molecule has 0 aliphatic rings. The maximum atomic E-state index is 11.9. The van der Waals surface area contributed by atoms with E-state index in [-0.39, 0.29) is 11.7 Å². The number of hydrogen-bond acceptors (Lipinski definition) is 5. The Labute approximate surface area is 126 Å². The number of unbranched alkanes of at least 4 members (excludes halogenated alkanes) is 1. The van der Waals surface area contributed by atoms with E-state index in [1.807, 2.05) is 12.3 Å². The van der Waals surface area contributed by atoms with E-state index >= 15 is 0 Å². The van der Waals surface area contributed by atoms with E-state index in [4.69, 9.17) is 0 Å². The summed E-state index contributed by atoms with van der Waals surface area (Å²) in [6.45, 7) is 7.42. The Hall–Kier alpha value is -0.500. The van der Waals surface area contributed by atoms with Crippen LogP contribution in [0.2, 0.25) is 0 Å². The number of nitrogens with one attached hydrogen (secondary N) is 2. The Kier molecular flexibility index (Phi) is 7.65. The first-order valence-electron chi connectivity index (χ1n) is 7.01. The fourth-order valence-electron chi connectivity index (χ4n) is 1.70. The Bertz CT molecular complexity index is 458. The molecular weight excluding hydrogens is 294 g/mol. The van der Waals surface area contributed by atoms with Gasteiger partial charge in [0, 0.05) is 30.1 Å². The second kappa shape index (κ2) is 8.71. The maximum Gasteiger partial charge on any atom is 0.211 e. The van der Waals surface area contributed by atoms with Crippen molar-refractivity contribution in [2.24, 2.45) is 0 Å². The molecule has 1 aromatic rings. The highest BCUT2D eigenvalue weighted by molar-refractivity contribution is 7.89. The van der Waals surface area contributed by atoms with Crippen LogP contribution in [0.1, 0.15) is 44.5 Å². The number of sulfonamides is 1. The fourth-order valence-corrected chi connectivity index (χ4v) is 3.63. The van der Waals surface area contributed by atoms with E-state index in [1.54, 1.807) is 17.5 Å². The van der Waals surface area contributed by atoms with Crippen molar-refractivity contribution in [3.8, 4) is 0 Å². The first-order chi connectivity index (χ1) is 9.41. The number of rotatable bonds is 10. The molecule has 1 unspecified atom stereocenters. The highest BCUT2D eigenvalue weighted by Gasteiger charge is 2.14. The molecule has 0 aliphatic carbocycles. The average molecular weight is 319 g/mol. The molecule has 1 heterocycles. The molecular formula is C13H25N3O2S2. The van der Waals surface area contributed by atoms with Gasteiger partial charge < -0.3 is 5.32 Å². The van der Waals surface area contributed by atoms with E-state index in [2.05, 4.69) is 28.9 Å². The average Bonchev–Trinajstić information content (AvgIpc) is 2.89. The van der Waals surface area contributed by atoms with E-state index < -0.39 is 10.0 Å². The van der Waals surface area contributed by atoms with Crippen molar-refractivity contribution in [3.05, 3.63) is 16.6 Å². The summed E-state index contributed by atoms with van der Waals surface area (Å²) in [5.41, 5.74) is 0. The standard InChI is InChI=1S/C13H25N3O2S2/c1-11(2)14-6-4-5-9-20(17,18)16-10-12(3)13-15-7-8-19-13/h7-8,11-12,14,16H,4-6,9-10H2,1-3H3. The first kappa shape index (κ1) is 17.6. The molecule has 0 saturated heterocycles. The molecule has 116 valence electrons. The van der Waals surface area contributed by atoms with Gasteiger partial charge in [-0.15, -0.1) is 11.3 Å². The molecule has 1 aromatic heterocycles. The van der Waals surface area contributed by atoms with Crippen molar-refractivity contribution in [1.29, 1.82) is 0 Å². The number of nitrogens with zero attached hydrogens (tertiary/aromatic N) is 1. The third-order valence-electron chi connectivity index (χ3n) is 2.87. The van der Waals surface area contributed by atoms with Gasteiger partial charge in [0.15, 0.2) is 0 Å². The van der Waals surface area contributed by atoms with Gasteiger partial charge in [0.2, 0.25) is 10.0 Å². The molecule has 5 nitrogen and oxygen atoms in total. The van der Waals surface area contributed by atoms with Crippen LogP contribution in [0.5, 0.6) is 0 Å². The summed E-state index contributed by atoms with van der Waals surface area (Å²) in [5.74, 6) is 0.310. The quantitative estimate of drug-likeness (QED) is 0.647. The van der Waals surface area contributed by atoms with Gasteiger partial charge in [-0.1, -0.05) is 20.8 Å². The van der Waals surface area contributed by atoms with Crippen LogP contribution in [-0.4, -0.2) is 38.3 Å². The lowest BCUT2D eigenvalue weighted by atomic mass is 10.2. The van der Waals surface area contributed by atoms with Gasteiger partial charge in [-0.2, -0.15) is 0 Å². The molecule has 0 bridgehead atoms. The van der Waals surface area contributed by atoms with Crippen LogP contribution in [0.25, 0.3) is 0 Å². The lowest BCUT2D eigenvalue weighted by Crippen LogP contribution is -2.30. The summed E-state index contributed by atoms with van der Waals surface area (Å²) < 4.78 is 26.4. The van der Waals surface area contributed by atoms with Crippen LogP contribution >= 0.6 is 11.3 Å². The molecule has 2 N–H and O–H groups in total. The normalized spacial score (nSPS) is 13.8. The van der Waals surface area contributed by atoms with Crippen LogP contribution in [-0.2, 0) is 10.0 Å². The molecule has 0 aliphatic heterocycles. The van der Waals surface area contributed by atoms with Crippen molar-refractivity contribution >= 4 is 21.4 Å². The smallest absolute Gasteiger partial charge is 0.211 e. The molecule has 20 heavy (non-hydrogen) atoms. The van der Waals surface area contributed by atoms with E-state index in [0.717, 1.165) is 18.0 Å². The Morgan fingerprint density at radius 1 is 1.30 bits per heavy atom. The Morgan fingerprint density at radius 2 is 2.05 bits per heavy atom. The zero-order valence-electron chi connectivity index (χ0n) is 12.4. The highest BCUT2D eigenvalue weighted by atomic mass is 32.2. The third-order valence-corrected chi connectivity index (χ3v) is 5.31. The van der Waals surface area contributed by atoms with Crippen molar-refractivity contribution in [2.75, 3.05) is 18.8 Å². The first-order valence-corrected chi connectivity index (χ1v) is 9.54. The summed E-state index contributed by atoms with van der Waals surface area (Å²) in [7, 11) is -3.17. The van der Waals surface area contributed by atoms with Crippen LogP contribution in [0.3, 0.4) is 0 Å². The molecule has 0 fully saturated rings. The van der Waals surface area contributed by atoms with Gasteiger partial charge in [-0.05, 0) is 19.4 Å². The van der Waals surface area contributed by atoms with Crippen molar-refractivity contribution in [2.45, 2.75) is 45.6 Å². The zero-order chi connectivity index (χ0) is 15.0. The van der Waals surface area contributed by atoms with Crippen molar-refractivity contribution in [3.63, 3.8) is 0 Å². The van der Waals surface area contributed by atoms with Gasteiger partial charge in [-0.25, -0.2) is 18.1 Å². The summed E-state index contributed by atoms with van der Waals surface area (Å²) in [6, 6.07) is 0.448. The summed E-state index contributed by atoms with van der Waals surface area (Å²) >= 11 is 1.55. The van der Waals surface area contributed by atoms with Gasteiger partial charge in [0.25, 0.3) is 0 Å². The van der Waals surface area contributed by atoms with Crippen LogP contribution in [0.15, 0.2) is 11.6 Å².